The van der Waals surface area contributed by atoms with Gasteiger partial charge in [0.2, 0.25) is 5.82 Å². The number of thiazole rings is 1. The zero-order valence-electron chi connectivity index (χ0n) is 10.7. The standard InChI is InChI=1S/C12H11N5O2S/c1-2-9-6-15-10(20-9)7-16-12-11(17(18)19)8(5-13)3-4-14-12/h3-4,6H,2,7H2,1H3,(H,14,16). The number of hydrogen-bond acceptors (Lipinski definition) is 7. The molecular formula is C12H11N5O2S. The van der Waals surface area contributed by atoms with Crippen LogP contribution >= 0.6 is 11.3 Å². The normalized spacial score (nSPS) is 10.0. The van der Waals surface area contributed by atoms with Gasteiger partial charge in [0, 0.05) is 17.3 Å². The molecule has 0 fully saturated rings. The van der Waals surface area contributed by atoms with Crippen molar-refractivity contribution in [1.82, 2.24) is 9.97 Å². The van der Waals surface area contributed by atoms with E-state index in [0.29, 0.717) is 6.54 Å². The molecule has 102 valence electrons. The molecule has 0 saturated carbocycles. The van der Waals surface area contributed by atoms with Crippen LogP contribution in [0.25, 0.3) is 0 Å². The molecule has 2 heterocycles. The van der Waals surface area contributed by atoms with E-state index in [-0.39, 0.29) is 17.1 Å². The highest BCUT2D eigenvalue weighted by molar-refractivity contribution is 7.11. The maximum absolute atomic E-state index is 11.0. The number of nitrogens with one attached hydrogen (secondary N) is 1. The predicted octanol–water partition coefficient (Wildman–Crippen LogP) is 2.49. The lowest BCUT2D eigenvalue weighted by atomic mass is 10.2. The predicted molar refractivity (Wildman–Crippen MR) is 74.4 cm³/mol. The van der Waals surface area contributed by atoms with Gasteiger partial charge < -0.3 is 5.32 Å². The van der Waals surface area contributed by atoms with Gasteiger partial charge in [0.05, 0.1) is 11.5 Å². The fourth-order valence-corrected chi connectivity index (χ4v) is 2.41. The van der Waals surface area contributed by atoms with Crippen LogP contribution < -0.4 is 5.32 Å². The lowest BCUT2D eigenvalue weighted by molar-refractivity contribution is -0.384. The van der Waals surface area contributed by atoms with E-state index in [1.54, 1.807) is 23.6 Å². The first kappa shape index (κ1) is 13.9. The van der Waals surface area contributed by atoms with Gasteiger partial charge in [-0.2, -0.15) is 5.26 Å². The highest BCUT2D eigenvalue weighted by atomic mass is 32.1. The number of nitro groups is 1. The molecule has 7 nitrogen and oxygen atoms in total. The summed E-state index contributed by atoms with van der Waals surface area (Å²) in [4.78, 5) is 19.7. The van der Waals surface area contributed by atoms with E-state index in [9.17, 15) is 10.1 Å². The quantitative estimate of drug-likeness (QED) is 0.669. The number of rotatable bonds is 5. The van der Waals surface area contributed by atoms with E-state index in [0.717, 1.165) is 16.3 Å². The molecule has 0 amide bonds. The number of anilines is 1. The van der Waals surface area contributed by atoms with Crippen molar-refractivity contribution < 1.29 is 4.92 Å². The van der Waals surface area contributed by atoms with Crippen molar-refractivity contribution in [2.24, 2.45) is 0 Å². The Morgan fingerprint density at radius 1 is 1.55 bits per heavy atom. The Labute approximate surface area is 119 Å². The third-order valence-corrected chi connectivity index (χ3v) is 3.73. The molecule has 2 aromatic heterocycles. The second kappa shape index (κ2) is 6.08. The molecule has 2 rings (SSSR count). The summed E-state index contributed by atoms with van der Waals surface area (Å²) in [5.74, 6) is 0.0855. The minimum Gasteiger partial charge on any atom is -0.358 e. The van der Waals surface area contributed by atoms with Gasteiger partial charge in [-0.25, -0.2) is 9.97 Å². The SMILES string of the molecule is CCc1cnc(CNc2nccc(C#N)c2[N+](=O)[O-])s1. The molecule has 0 saturated heterocycles. The van der Waals surface area contributed by atoms with E-state index in [1.807, 2.05) is 6.92 Å². The van der Waals surface area contributed by atoms with Crippen molar-refractivity contribution in [1.29, 1.82) is 5.26 Å². The van der Waals surface area contributed by atoms with Gasteiger partial charge in [-0.05, 0) is 12.5 Å². The minimum atomic E-state index is -0.604. The number of aryl methyl sites for hydroxylation is 1. The third kappa shape index (κ3) is 2.89. The zero-order chi connectivity index (χ0) is 14.5. The number of aromatic nitrogens is 2. The van der Waals surface area contributed by atoms with Crippen molar-refractivity contribution in [2.45, 2.75) is 19.9 Å². The average Bonchev–Trinajstić information content (AvgIpc) is 2.92. The van der Waals surface area contributed by atoms with Gasteiger partial charge in [-0.3, -0.25) is 10.1 Å². The molecule has 0 spiro atoms. The van der Waals surface area contributed by atoms with Crippen molar-refractivity contribution in [3.05, 3.63) is 44.0 Å². The van der Waals surface area contributed by atoms with E-state index in [1.165, 1.54) is 12.3 Å². The molecule has 0 aliphatic rings. The van der Waals surface area contributed by atoms with Crippen LogP contribution in [0.5, 0.6) is 0 Å². The molecule has 0 aliphatic carbocycles. The molecule has 0 unspecified atom stereocenters. The Bertz CT molecular complexity index is 677. The lowest BCUT2D eigenvalue weighted by Gasteiger charge is -2.04. The summed E-state index contributed by atoms with van der Waals surface area (Å²) in [5, 5.41) is 23.6. The summed E-state index contributed by atoms with van der Waals surface area (Å²) in [6.45, 7) is 2.38. The van der Waals surface area contributed by atoms with Crippen LogP contribution in [-0.2, 0) is 13.0 Å². The van der Waals surface area contributed by atoms with Gasteiger partial charge in [0.15, 0.2) is 0 Å². The van der Waals surface area contributed by atoms with Gasteiger partial charge in [-0.1, -0.05) is 6.92 Å². The number of pyridine rings is 1. The third-order valence-electron chi connectivity index (χ3n) is 2.58. The second-order valence-electron chi connectivity index (χ2n) is 3.85. The molecular weight excluding hydrogens is 278 g/mol. The Hall–Kier alpha value is -2.53. The van der Waals surface area contributed by atoms with Crippen LogP contribution in [-0.4, -0.2) is 14.9 Å². The van der Waals surface area contributed by atoms with Crippen LogP contribution in [0.4, 0.5) is 11.5 Å². The Balaban J connectivity index is 2.21. The maximum atomic E-state index is 11.0. The first-order valence-electron chi connectivity index (χ1n) is 5.86. The monoisotopic (exact) mass is 289 g/mol. The van der Waals surface area contributed by atoms with E-state index < -0.39 is 4.92 Å². The number of hydrogen-bond donors (Lipinski definition) is 1. The first-order valence-corrected chi connectivity index (χ1v) is 6.68. The summed E-state index contributed by atoms with van der Waals surface area (Å²) >= 11 is 1.54. The zero-order valence-corrected chi connectivity index (χ0v) is 11.5. The smallest absolute Gasteiger partial charge is 0.328 e. The molecule has 0 radical (unpaired) electrons. The molecule has 20 heavy (non-hydrogen) atoms. The van der Waals surface area contributed by atoms with Gasteiger partial charge in [-0.15, -0.1) is 11.3 Å². The van der Waals surface area contributed by atoms with E-state index in [2.05, 4.69) is 15.3 Å². The van der Waals surface area contributed by atoms with Gasteiger partial charge in [0.25, 0.3) is 0 Å². The molecule has 0 aliphatic heterocycles. The van der Waals surface area contributed by atoms with Crippen molar-refractivity contribution in [3.63, 3.8) is 0 Å². The lowest BCUT2D eigenvalue weighted by Crippen LogP contribution is -2.05. The minimum absolute atomic E-state index is 0.0131. The van der Waals surface area contributed by atoms with E-state index in [4.69, 9.17) is 5.26 Å². The van der Waals surface area contributed by atoms with Gasteiger partial charge >= 0.3 is 5.69 Å². The average molecular weight is 289 g/mol. The Morgan fingerprint density at radius 2 is 2.35 bits per heavy atom. The number of nitrogens with zero attached hydrogens (tertiary/aromatic N) is 4. The fourth-order valence-electron chi connectivity index (χ4n) is 1.61. The molecule has 0 atom stereocenters. The fraction of sp³-hybridized carbons (Fsp3) is 0.250. The van der Waals surface area contributed by atoms with Crippen LogP contribution in [0.2, 0.25) is 0 Å². The topological polar surface area (TPSA) is 105 Å². The van der Waals surface area contributed by atoms with Crippen molar-refractivity contribution in [2.75, 3.05) is 5.32 Å². The summed E-state index contributed by atoms with van der Waals surface area (Å²) in [7, 11) is 0. The molecule has 0 aromatic carbocycles. The molecule has 8 heteroatoms. The summed E-state index contributed by atoms with van der Waals surface area (Å²) in [6, 6.07) is 3.12. The molecule has 2 aromatic rings. The Morgan fingerprint density at radius 3 is 2.95 bits per heavy atom. The number of nitriles is 1. The van der Waals surface area contributed by atoms with Gasteiger partial charge in [0.1, 0.15) is 16.6 Å². The largest absolute Gasteiger partial charge is 0.358 e. The highest BCUT2D eigenvalue weighted by Gasteiger charge is 2.21. The molecule has 1 N–H and O–H groups in total. The van der Waals surface area contributed by atoms with Crippen LogP contribution in [0.1, 0.15) is 22.4 Å². The van der Waals surface area contributed by atoms with Crippen molar-refractivity contribution >= 4 is 22.8 Å². The molecule has 0 bridgehead atoms. The van der Waals surface area contributed by atoms with Crippen molar-refractivity contribution in [3.8, 4) is 6.07 Å². The van der Waals surface area contributed by atoms with Crippen LogP contribution in [0.15, 0.2) is 18.5 Å². The maximum Gasteiger partial charge on any atom is 0.328 e. The second-order valence-corrected chi connectivity index (χ2v) is 5.05. The van der Waals surface area contributed by atoms with E-state index >= 15 is 0 Å². The highest BCUT2D eigenvalue weighted by Crippen LogP contribution is 2.26. The summed E-state index contributed by atoms with van der Waals surface area (Å²) in [6.07, 6.45) is 4.06. The van der Waals surface area contributed by atoms with Crippen LogP contribution in [0, 0.1) is 21.4 Å². The summed E-state index contributed by atoms with van der Waals surface area (Å²) in [5.41, 5.74) is -0.317. The first-order chi connectivity index (χ1) is 9.65. The van der Waals surface area contributed by atoms with Crippen LogP contribution in [0.3, 0.4) is 0 Å². The Kier molecular flexibility index (Phi) is 4.22. The summed E-state index contributed by atoms with van der Waals surface area (Å²) < 4.78 is 0.